The molecule has 1 aromatic heterocycles. The number of hydrogen-bond donors (Lipinski definition) is 1. The van der Waals surface area contributed by atoms with Gasteiger partial charge in [-0.3, -0.25) is 4.98 Å². The van der Waals surface area contributed by atoms with Crippen LogP contribution in [0.25, 0.3) is 0 Å². The minimum atomic E-state index is 0.208. The minimum absolute atomic E-state index is 0.208. The molecule has 0 aliphatic rings. The maximum absolute atomic E-state index is 4.26. The Morgan fingerprint density at radius 3 is 2.22 bits per heavy atom. The fourth-order valence-corrected chi connectivity index (χ4v) is 2.52. The van der Waals surface area contributed by atoms with Gasteiger partial charge in [-0.15, -0.1) is 0 Å². The summed E-state index contributed by atoms with van der Waals surface area (Å²) in [5.41, 5.74) is 6.51. The highest BCUT2D eigenvalue weighted by atomic mass is 14.9. The first-order chi connectivity index (χ1) is 8.65. The van der Waals surface area contributed by atoms with Crippen LogP contribution < -0.4 is 5.32 Å². The smallest absolute Gasteiger partial charge is 0.0597 e. The molecule has 2 rings (SSSR count). The zero-order chi connectivity index (χ0) is 13.1. The lowest BCUT2D eigenvalue weighted by Gasteiger charge is -2.22. The number of benzene rings is 1. The largest absolute Gasteiger partial charge is 0.309 e. The third-order valence-corrected chi connectivity index (χ3v) is 3.51. The molecule has 1 aromatic carbocycles. The van der Waals surface area contributed by atoms with Gasteiger partial charge in [0.05, 0.1) is 6.04 Å². The molecule has 18 heavy (non-hydrogen) atoms. The standard InChI is InChI=1S/C16H20N2/c1-11-8-9-18-10-14(11)16(17-4)15-12(2)6-5-7-13(15)3/h5-10,16-17H,1-4H3. The Bertz CT molecular complexity index is 526. The van der Waals surface area contributed by atoms with Crippen LogP contribution in [0.1, 0.15) is 33.9 Å². The highest BCUT2D eigenvalue weighted by Crippen LogP contribution is 2.28. The Kier molecular flexibility index (Phi) is 3.78. The molecular weight excluding hydrogens is 220 g/mol. The first-order valence-electron chi connectivity index (χ1n) is 6.29. The average molecular weight is 240 g/mol. The molecule has 2 aromatic rings. The van der Waals surface area contributed by atoms with E-state index in [-0.39, 0.29) is 6.04 Å². The van der Waals surface area contributed by atoms with E-state index in [2.05, 4.69) is 55.3 Å². The van der Waals surface area contributed by atoms with E-state index in [9.17, 15) is 0 Å². The zero-order valence-electron chi connectivity index (χ0n) is 11.5. The zero-order valence-corrected chi connectivity index (χ0v) is 11.5. The predicted octanol–water partition coefficient (Wildman–Crippen LogP) is 3.32. The molecule has 0 spiro atoms. The lowest BCUT2D eigenvalue weighted by atomic mass is 9.90. The lowest BCUT2D eigenvalue weighted by molar-refractivity contribution is 0.676. The van der Waals surface area contributed by atoms with E-state index in [1.807, 2.05) is 19.4 Å². The molecule has 1 heterocycles. The van der Waals surface area contributed by atoms with Crippen molar-refractivity contribution in [2.45, 2.75) is 26.8 Å². The van der Waals surface area contributed by atoms with Crippen LogP contribution in [0, 0.1) is 20.8 Å². The molecule has 1 unspecified atom stereocenters. The normalized spacial score (nSPS) is 12.4. The highest BCUT2D eigenvalue weighted by Gasteiger charge is 2.17. The Balaban J connectivity index is 2.56. The van der Waals surface area contributed by atoms with E-state index >= 15 is 0 Å². The molecule has 0 saturated carbocycles. The molecule has 94 valence electrons. The van der Waals surface area contributed by atoms with Gasteiger partial charge in [-0.2, -0.15) is 0 Å². The quantitative estimate of drug-likeness (QED) is 0.890. The highest BCUT2D eigenvalue weighted by molar-refractivity contribution is 5.43. The average Bonchev–Trinajstić information content (AvgIpc) is 2.35. The molecule has 0 amide bonds. The molecule has 0 aliphatic carbocycles. The maximum Gasteiger partial charge on any atom is 0.0597 e. The van der Waals surface area contributed by atoms with Crippen molar-refractivity contribution in [1.82, 2.24) is 10.3 Å². The van der Waals surface area contributed by atoms with Crippen molar-refractivity contribution in [3.8, 4) is 0 Å². The summed E-state index contributed by atoms with van der Waals surface area (Å²) in [5.74, 6) is 0. The first kappa shape index (κ1) is 12.8. The Morgan fingerprint density at radius 2 is 1.67 bits per heavy atom. The van der Waals surface area contributed by atoms with Crippen LogP contribution >= 0.6 is 0 Å². The van der Waals surface area contributed by atoms with Gasteiger partial charge in [0.25, 0.3) is 0 Å². The van der Waals surface area contributed by atoms with E-state index in [0.717, 1.165) is 0 Å². The topological polar surface area (TPSA) is 24.9 Å². The maximum atomic E-state index is 4.26. The monoisotopic (exact) mass is 240 g/mol. The molecule has 0 radical (unpaired) electrons. The number of hydrogen-bond acceptors (Lipinski definition) is 2. The van der Waals surface area contributed by atoms with E-state index in [1.54, 1.807) is 0 Å². The van der Waals surface area contributed by atoms with Gasteiger partial charge in [0.1, 0.15) is 0 Å². The van der Waals surface area contributed by atoms with Crippen molar-refractivity contribution in [1.29, 1.82) is 0 Å². The summed E-state index contributed by atoms with van der Waals surface area (Å²) in [4.78, 5) is 4.26. The van der Waals surface area contributed by atoms with Crippen LogP contribution in [0.3, 0.4) is 0 Å². The number of rotatable bonds is 3. The van der Waals surface area contributed by atoms with Gasteiger partial charge in [0.15, 0.2) is 0 Å². The number of pyridine rings is 1. The summed E-state index contributed by atoms with van der Waals surface area (Å²) in [6.07, 6.45) is 3.80. The van der Waals surface area contributed by atoms with Crippen LogP contribution in [-0.4, -0.2) is 12.0 Å². The minimum Gasteiger partial charge on any atom is -0.309 e. The van der Waals surface area contributed by atoms with Gasteiger partial charge in [0, 0.05) is 12.4 Å². The van der Waals surface area contributed by atoms with Crippen molar-refractivity contribution in [2.24, 2.45) is 0 Å². The fraction of sp³-hybridized carbons (Fsp3) is 0.312. The summed E-state index contributed by atoms with van der Waals surface area (Å²) >= 11 is 0. The molecule has 0 bridgehead atoms. The number of aryl methyl sites for hydroxylation is 3. The SMILES string of the molecule is CNC(c1cnccc1C)c1c(C)cccc1C. The molecule has 0 saturated heterocycles. The summed E-state index contributed by atoms with van der Waals surface area (Å²) < 4.78 is 0. The van der Waals surface area contributed by atoms with Crippen LogP contribution in [0.2, 0.25) is 0 Å². The van der Waals surface area contributed by atoms with Crippen molar-refractivity contribution < 1.29 is 0 Å². The van der Waals surface area contributed by atoms with Crippen molar-refractivity contribution in [3.63, 3.8) is 0 Å². The van der Waals surface area contributed by atoms with Gasteiger partial charge in [0.2, 0.25) is 0 Å². The van der Waals surface area contributed by atoms with Gasteiger partial charge >= 0.3 is 0 Å². The molecule has 1 N–H and O–H groups in total. The van der Waals surface area contributed by atoms with E-state index < -0.39 is 0 Å². The molecule has 2 heteroatoms. The first-order valence-corrected chi connectivity index (χ1v) is 6.29. The second-order valence-electron chi connectivity index (χ2n) is 4.76. The van der Waals surface area contributed by atoms with Gasteiger partial charge in [-0.25, -0.2) is 0 Å². The van der Waals surface area contributed by atoms with Gasteiger partial charge in [-0.1, -0.05) is 18.2 Å². The third kappa shape index (κ3) is 2.29. The van der Waals surface area contributed by atoms with Crippen LogP contribution in [-0.2, 0) is 0 Å². The van der Waals surface area contributed by atoms with E-state index in [4.69, 9.17) is 0 Å². The Morgan fingerprint density at radius 1 is 1.00 bits per heavy atom. The van der Waals surface area contributed by atoms with E-state index in [1.165, 1.54) is 27.8 Å². The van der Waals surface area contributed by atoms with Crippen molar-refractivity contribution in [3.05, 3.63) is 64.5 Å². The Labute approximate surface area is 109 Å². The summed E-state index contributed by atoms with van der Waals surface area (Å²) in [6, 6.07) is 8.71. The summed E-state index contributed by atoms with van der Waals surface area (Å²) in [6.45, 7) is 6.46. The summed E-state index contributed by atoms with van der Waals surface area (Å²) in [5, 5.41) is 3.42. The third-order valence-electron chi connectivity index (χ3n) is 3.51. The van der Waals surface area contributed by atoms with Crippen molar-refractivity contribution >= 4 is 0 Å². The second-order valence-corrected chi connectivity index (χ2v) is 4.76. The van der Waals surface area contributed by atoms with Gasteiger partial charge < -0.3 is 5.32 Å². The Hall–Kier alpha value is -1.67. The number of nitrogens with one attached hydrogen (secondary N) is 1. The summed E-state index contributed by atoms with van der Waals surface area (Å²) in [7, 11) is 2.00. The number of aromatic nitrogens is 1. The second kappa shape index (κ2) is 5.32. The lowest BCUT2D eigenvalue weighted by Crippen LogP contribution is -2.21. The molecule has 2 nitrogen and oxygen atoms in total. The predicted molar refractivity (Wildman–Crippen MR) is 75.8 cm³/mol. The van der Waals surface area contributed by atoms with Crippen LogP contribution in [0.4, 0.5) is 0 Å². The van der Waals surface area contributed by atoms with Crippen molar-refractivity contribution in [2.75, 3.05) is 7.05 Å². The molecule has 1 atom stereocenters. The van der Waals surface area contributed by atoms with Crippen LogP contribution in [0.15, 0.2) is 36.7 Å². The van der Waals surface area contributed by atoms with E-state index in [0.29, 0.717) is 0 Å². The number of nitrogens with zero attached hydrogens (tertiary/aromatic N) is 1. The fourth-order valence-electron chi connectivity index (χ4n) is 2.52. The van der Waals surface area contributed by atoms with Crippen LogP contribution in [0.5, 0.6) is 0 Å². The molecule has 0 aliphatic heterocycles. The molecule has 0 fully saturated rings. The van der Waals surface area contributed by atoms with Gasteiger partial charge in [-0.05, 0) is 61.7 Å². The molecular formula is C16H20N2.